The zero-order valence-electron chi connectivity index (χ0n) is 18.5. The SMILES string of the molecule is CCOC(=O)[C@@H](C)Oc1ccccc1C=Nn1c([C@H](C)CC)nc2ccc(Br)cc2c1=O. The molecule has 32 heavy (non-hydrogen) atoms. The molecule has 0 N–H and O–H groups in total. The number of hydrogen-bond acceptors (Lipinski definition) is 6. The third kappa shape index (κ3) is 5.24. The summed E-state index contributed by atoms with van der Waals surface area (Å²) in [7, 11) is 0. The summed E-state index contributed by atoms with van der Waals surface area (Å²) in [5.74, 6) is 0.635. The van der Waals surface area contributed by atoms with Crippen LogP contribution in [0.25, 0.3) is 10.9 Å². The molecular weight excluding hydrogens is 474 g/mol. The van der Waals surface area contributed by atoms with Crippen LogP contribution in [-0.4, -0.2) is 34.6 Å². The average Bonchev–Trinajstić information content (AvgIpc) is 2.79. The van der Waals surface area contributed by atoms with Gasteiger partial charge in [0.05, 0.1) is 23.7 Å². The molecule has 0 unspecified atom stereocenters. The quantitative estimate of drug-likeness (QED) is 0.325. The van der Waals surface area contributed by atoms with Crippen LogP contribution in [0.4, 0.5) is 0 Å². The maximum Gasteiger partial charge on any atom is 0.347 e. The van der Waals surface area contributed by atoms with Gasteiger partial charge in [-0.25, -0.2) is 9.78 Å². The van der Waals surface area contributed by atoms with Gasteiger partial charge in [-0.1, -0.05) is 41.9 Å². The van der Waals surface area contributed by atoms with Crippen molar-refractivity contribution < 1.29 is 14.3 Å². The van der Waals surface area contributed by atoms with Crippen LogP contribution in [0, 0.1) is 0 Å². The van der Waals surface area contributed by atoms with Crippen molar-refractivity contribution in [2.24, 2.45) is 5.10 Å². The van der Waals surface area contributed by atoms with Gasteiger partial charge in [-0.3, -0.25) is 4.79 Å². The summed E-state index contributed by atoms with van der Waals surface area (Å²) >= 11 is 3.41. The number of rotatable bonds is 8. The zero-order valence-corrected chi connectivity index (χ0v) is 20.1. The fraction of sp³-hybridized carbons (Fsp3) is 0.333. The van der Waals surface area contributed by atoms with Crippen molar-refractivity contribution in [3.8, 4) is 5.75 Å². The predicted octanol–water partition coefficient (Wildman–Crippen LogP) is 4.89. The number of benzene rings is 2. The van der Waals surface area contributed by atoms with Crippen LogP contribution in [0.3, 0.4) is 0 Å². The molecule has 1 heterocycles. The van der Waals surface area contributed by atoms with Crippen molar-refractivity contribution in [3.63, 3.8) is 0 Å². The molecule has 2 aromatic carbocycles. The normalized spacial score (nSPS) is 13.3. The largest absolute Gasteiger partial charge is 0.478 e. The minimum absolute atomic E-state index is 0.0308. The van der Waals surface area contributed by atoms with Gasteiger partial charge in [-0.15, -0.1) is 0 Å². The molecule has 1 aromatic heterocycles. The van der Waals surface area contributed by atoms with E-state index in [0.29, 0.717) is 28.0 Å². The van der Waals surface area contributed by atoms with Crippen molar-refractivity contribution in [2.75, 3.05) is 6.61 Å². The maximum atomic E-state index is 13.3. The Kier molecular flexibility index (Phi) is 7.80. The van der Waals surface area contributed by atoms with Crippen molar-refractivity contribution >= 4 is 39.0 Å². The van der Waals surface area contributed by atoms with Crippen LogP contribution in [-0.2, 0) is 9.53 Å². The number of para-hydroxylation sites is 1. The second kappa shape index (κ2) is 10.5. The molecule has 0 saturated heterocycles. The van der Waals surface area contributed by atoms with E-state index in [1.807, 2.05) is 32.0 Å². The van der Waals surface area contributed by atoms with Gasteiger partial charge in [0.1, 0.15) is 11.6 Å². The number of fused-ring (bicyclic) bond motifs is 1. The van der Waals surface area contributed by atoms with Crippen LogP contribution >= 0.6 is 15.9 Å². The van der Waals surface area contributed by atoms with Crippen LogP contribution in [0.2, 0.25) is 0 Å². The Morgan fingerprint density at radius 1 is 1.22 bits per heavy atom. The lowest BCUT2D eigenvalue weighted by Crippen LogP contribution is -2.26. The van der Waals surface area contributed by atoms with Gasteiger partial charge in [0.25, 0.3) is 5.56 Å². The fourth-order valence-electron chi connectivity index (χ4n) is 3.09. The number of ether oxygens (including phenoxy) is 2. The molecule has 0 aliphatic carbocycles. The van der Waals surface area contributed by atoms with Crippen molar-refractivity contribution in [1.82, 2.24) is 9.66 Å². The van der Waals surface area contributed by atoms with E-state index < -0.39 is 12.1 Å². The van der Waals surface area contributed by atoms with Crippen LogP contribution in [0.1, 0.15) is 51.4 Å². The second-order valence-corrected chi connectivity index (χ2v) is 8.27. The third-order valence-corrected chi connectivity index (χ3v) is 5.53. The Hall–Kier alpha value is -3.00. The fourth-order valence-corrected chi connectivity index (χ4v) is 3.45. The molecule has 0 radical (unpaired) electrons. The molecule has 3 rings (SSSR count). The first kappa shape index (κ1) is 23.7. The summed E-state index contributed by atoms with van der Waals surface area (Å²) < 4.78 is 12.9. The molecule has 0 saturated carbocycles. The molecule has 0 aliphatic heterocycles. The first-order valence-electron chi connectivity index (χ1n) is 10.5. The standard InChI is InChI=1S/C24H26BrN3O4/c1-5-15(3)22-27-20-12-11-18(25)13-19(20)23(29)28(22)26-14-17-9-7-8-10-21(17)32-16(4)24(30)31-6-2/h7-16H,5-6H2,1-4H3/t15-,16-/m1/s1. The first-order valence-corrected chi connectivity index (χ1v) is 11.3. The van der Waals surface area contributed by atoms with Gasteiger partial charge in [0, 0.05) is 16.0 Å². The van der Waals surface area contributed by atoms with E-state index in [1.54, 1.807) is 44.3 Å². The van der Waals surface area contributed by atoms with E-state index >= 15 is 0 Å². The highest BCUT2D eigenvalue weighted by Crippen LogP contribution is 2.22. The number of nitrogens with zero attached hydrogens (tertiary/aromatic N) is 3. The number of carbonyl (C=O) groups is 1. The van der Waals surface area contributed by atoms with E-state index in [2.05, 4.69) is 21.0 Å². The molecule has 168 valence electrons. The molecule has 0 spiro atoms. The van der Waals surface area contributed by atoms with Crippen molar-refractivity contribution in [1.29, 1.82) is 0 Å². The Morgan fingerprint density at radius 3 is 2.69 bits per heavy atom. The Labute approximate surface area is 195 Å². The Morgan fingerprint density at radius 2 is 1.97 bits per heavy atom. The molecule has 0 fully saturated rings. The summed E-state index contributed by atoms with van der Waals surface area (Å²) in [6.07, 6.45) is 1.58. The van der Waals surface area contributed by atoms with Gasteiger partial charge >= 0.3 is 5.97 Å². The van der Waals surface area contributed by atoms with Gasteiger partial charge < -0.3 is 9.47 Å². The summed E-state index contributed by atoms with van der Waals surface area (Å²) in [5, 5.41) is 4.96. The monoisotopic (exact) mass is 499 g/mol. The van der Waals surface area contributed by atoms with Gasteiger partial charge in [0.2, 0.25) is 0 Å². The smallest absolute Gasteiger partial charge is 0.347 e. The molecule has 0 bridgehead atoms. The summed E-state index contributed by atoms with van der Waals surface area (Å²) in [5.41, 5.74) is 1.01. The van der Waals surface area contributed by atoms with Crippen LogP contribution < -0.4 is 10.3 Å². The lowest BCUT2D eigenvalue weighted by atomic mass is 10.1. The number of hydrogen-bond donors (Lipinski definition) is 0. The van der Waals surface area contributed by atoms with Crippen molar-refractivity contribution in [3.05, 3.63) is 68.7 Å². The predicted molar refractivity (Wildman–Crippen MR) is 129 cm³/mol. The minimum atomic E-state index is -0.775. The lowest BCUT2D eigenvalue weighted by Gasteiger charge is -2.16. The highest BCUT2D eigenvalue weighted by Gasteiger charge is 2.18. The van der Waals surface area contributed by atoms with Gasteiger partial charge in [0.15, 0.2) is 6.10 Å². The zero-order chi connectivity index (χ0) is 23.3. The van der Waals surface area contributed by atoms with E-state index in [4.69, 9.17) is 14.5 Å². The molecule has 2 atom stereocenters. The second-order valence-electron chi connectivity index (χ2n) is 7.35. The molecular formula is C24H26BrN3O4. The molecule has 8 heteroatoms. The molecule has 0 amide bonds. The topological polar surface area (TPSA) is 82.8 Å². The number of aromatic nitrogens is 2. The highest BCUT2D eigenvalue weighted by atomic mass is 79.9. The summed E-state index contributed by atoms with van der Waals surface area (Å²) in [4.78, 5) is 29.9. The maximum absolute atomic E-state index is 13.3. The first-order chi connectivity index (χ1) is 15.3. The van der Waals surface area contributed by atoms with Gasteiger partial charge in [-0.2, -0.15) is 9.78 Å². The summed E-state index contributed by atoms with van der Waals surface area (Å²) in [6.45, 7) is 7.70. The van der Waals surface area contributed by atoms with E-state index in [1.165, 1.54) is 4.68 Å². The molecule has 7 nitrogen and oxygen atoms in total. The summed E-state index contributed by atoms with van der Waals surface area (Å²) in [6, 6.07) is 12.6. The Bertz CT molecular complexity index is 1210. The van der Waals surface area contributed by atoms with E-state index in [0.717, 1.165) is 10.9 Å². The third-order valence-electron chi connectivity index (χ3n) is 5.04. The number of carbonyl (C=O) groups excluding carboxylic acids is 1. The Balaban J connectivity index is 2.04. The highest BCUT2D eigenvalue weighted by molar-refractivity contribution is 9.10. The van der Waals surface area contributed by atoms with E-state index in [9.17, 15) is 9.59 Å². The number of halogens is 1. The van der Waals surface area contributed by atoms with Crippen molar-refractivity contribution in [2.45, 2.75) is 46.1 Å². The number of esters is 1. The average molecular weight is 500 g/mol. The minimum Gasteiger partial charge on any atom is -0.478 e. The lowest BCUT2D eigenvalue weighted by molar-refractivity contribution is -0.150. The van der Waals surface area contributed by atoms with E-state index in [-0.39, 0.29) is 18.1 Å². The van der Waals surface area contributed by atoms with Crippen LogP contribution in [0.15, 0.2) is 56.8 Å². The molecule has 3 aromatic rings. The van der Waals surface area contributed by atoms with Gasteiger partial charge in [-0.05, 0) is 50.6 Å². The van der Waals surface area contributed by atoms with Crippen LogP contribution in [0.5, 0.6) is 5.75 Å². The molecule has 0 aliphatic rings.